The first kappa shape index (κ1) is 16.4. The number of hydrogen-bond donors (Lipinski definition) is 2. The first-order chi connectivity index (χ1) is 8.78. The number of sulfonamides is 1. The van der Waals surface area contributed by atoms with Gasteiger partial charge in [-0.3, -0.25) is 0 Å². The summed E-state index contributed by atoms with van der Waals surface area (Å²) in [5.41, 5.74) is -0.211. The van der Waals surface area contributed by atoms with E-state index >= 15 is 0 Å². The average Bonchev–Trinajstić information content (AvgIpc) is 2.35. The van der Waals surface area contributed by atoms with E-state index in [1.165, 1.54) is 6.07 Å². The molecule has 19 heavy (non-hydrogen) atoms. The van der Waals surface area contributed by atoms with Crippen LogP contribution < -0.4 is 4.72 Å². The van der Waals surface area contributed by atoms with Crippen molar-refractivity contribution < 1.29 is 13.5 Å². The monoisotopic (exact) mass is 305 g/mol. The first-order valence-electron chi connectivity index (χ1n) is 6.13. The lowest BCUT2D eigenvalue weighted by Crippen LogP contribution is -2.34. The van der Waals surface area contributed by atoms with Crippen LogP contribution in [0.1, 0.15) is 26.7 Å². The molecule has 0 aliphatic carbocycles. The topological polar surface area (TPSA) is 66.4 Å². The van der Waals surface area contributed by atoms with E-state index < -0.39 is 10.0 Å². The van der Waals surface area contributed by atoms with E-state index in [-0.39, 0.29) is 21.9 Å². The summed E-state index contributed by atoms with van der Waals surface area (Å²) >= 11 is 5.89. The molecule has 4 nitrogen and oxygen atoms in total. The number of rotatable bonds is 7. The SMILES string of the molecule is CC(C)(CCCO)CNS(=O)(=O)c1ccccc1Cl. The van der Waals surface area contributed by atoms with Crippen LogP contribution in [0, 0.1) is 5.41 Å². The summed E-state index contributed by atoms with van der Waals surface area (Å²) in [6.07, 6.45) is 1.40. The van der Waals surface area contributed by atoms with Crippen LogP contribution >= 0.6 is 11.6 Å². The summed E-state index contributed by atoms with van der Waals surface area (Å²) in [4.78, 5) is 0.0922. The quantitative estimate of drug-likeness (QED) is 0.813. The molecule has 0 saturated carbocycles. The molecular formula is C13H20ClNO3S. The highest BCUT2D eigenvalue weighted by Gasteiger charge is 2.23. The number of hydrogen-bond acceptors (Lipinski definition) is 3. The van der Waals surface area contributed by atoms with Gasteiger partial charge < -0.3 is 5.11 Å². The van der Waals surface area contributed by atoms with Crippen LogP contribution in [0.15, 0.2) is 29.2 Å². The second kappa shape index (κ2) is 6.70. The Bertz CT molecular complexity index is 514. The van der Waals surface area contributed by atoms with Crippen molar-refractivity contribution in [3.63, 3.8) is 0 Å². The normalized spacial score (nSPS) is 12.6. The van der Waals surface area contributed by atoms with Gasteiger partial charge in [-0.2, -0.15) is 0 Å². The molecule has 6 heteroatoms. The maximum atomic E-state index is 12.1. The van der Waals surface area contributed by atoms with Gasteiger partial charge in [0.05, 0.1) is 5.02 Å². The fourth-order valence-corrected chi connectivity index (χ4v) is 3.44. The number of aliphatic hydroxyl groups is 1. The summed E-state index contributed by atoms with van der Waals surface area (Å²) in [6, 6.07) is 6.35. The van der Waals surface area contributed by atoms with Gasteiger partial charge in [-0.25, -0.2) is 13.1 Å². The number of halogens is 1. The van der Waals surface area contributed by atoms with Crippen molar-refractivity contribution in [1.82, 2.24) is 4.72 Å². The third kappa shape index (κ3) is 5.10. The highest BCUT2D eigenvalue weighted by Crippen LogP contribution is 2.24. The number of nitrogens with one attached hydrogen (secondary N) is 1. The summed E-state index contributed by atoms with van der Waals surface area (Å²) in [5.74, 6) is 0. The minimum absolute atomic E-state index is 0.0922. The lowest BCUT2D eigenvalue weighted by Gasteiger charge is -2.24. The molecule has 0 spiro atoms. The smallest absolute Gasteiger partial charge is 0.242 e. The van der Waals surface area contributed by atoms with Crippen LogP contribution in [0.3, 0.4) is 0 Å². The molecule has 108 valence electrons. The van der Waals surface area contributed by atoms with E-state index in [0.29, 0.717) is 13.0 Å². The maximum Gasteiger partial charge on any atom is 0.242 e. The van der Waals surface area contributed by atoms with Crippen LogP contribution in [0.2, 0.25) is 5.02 Å². The molecule has 0 bridgehead atoms. The standard InChI is InChI=1S/C13H20ClNO3S/c1-13(2,8-5-9-16)10-15-19(17,18)12-7-4-3-6-11(12)14/h3-4,6-7,15-16H,5,8-10H2,1-2H3. The van der Waals surface area contributed by atoms with Gasteiger partial charge in [-0.05, 0) is 30.4 Å². The molecule has 0 heterocycles. The van der Waals surface area contributed by atoms with Crippen molar-refractivity contribution in [2.45, 2.75) is 31.6 Å². The van der Waals surface area contributed by atoms with E-state index in [9.17, 15) is 8.42 Å². The van der Waals surface area contributed by atoms with Crippen LogP contribution in [-0.4, -0.2) is 26.7 Å². The summed E-state index contributed by atoms with van der Waals surface area (Å²) in [6.45, 7) is 4.33. The van der Waals surface area contributed by atoms with Crippen molar-refractivity contribution in [2.75, 3.05) is 13.2 Å². The Hall–Kier alpha value is -0.620. The predicted molar refractivity (Wildman–Crippen MR) is 76.7 cm³/mol. The molecular weight excluding hydrogens is 286 g/mol. The fraction of sp³-hybridized carbons (Fsp3) is 0.538. The molecule has 0 unspecified atom stereocenters. The number of benzene rings is 1. The highest BCUT2D eigenvalue weighted by atomic mass is 35.5. The van der Waals surface area contributed by atoms with E-state index in [1.54, 1.807) is 18.2 Å². The van der Waals surface area contributed by atoms with E-state index in [0.717, 1.165) is 6.42 Å². The summed E-state index contributed by atoms with van der Waals surface area (Å²) < 4.78 is 26.8. The highest BCUT2D eigenvalue weighted by molar-refractivity contribution is 7.89. The molecule has 0 atom stereocenters. The molecule has 2 N–H and O–H groups in total. The van der Waals surface area contributed by atoms with Gasteiger partial charge >= 0.3 is 0 Å². The molecule has 1 aromatic carbocycles. The third-order valence-electron chi connectivity index (χ3n) is 2.88. The fourth-order valence-electron chi connectivity index (χ4n) is 1.68. The Morgan fingerprint density at radius 2 is 1.95 bits per heavy atom. The van der Waals surface area contributed by atoms with Crippen LogP contribution in [-0.2, 0) is 10.0 Å². The lowest BCUT2D eigenvalue weighted by atomic mass is 9.88. The zero-order chi connectivity index (χ0) is 14.5. The van der Waals surface area contributed by atoms with Gasteiger partial charge in [0.25, 0.3) is 0 Å². The summed E-state index contributed by atoms with van der Waals surface area (Å²) in [5, 5.41) is 9.03. The Morgan fingerprint density at radius 1 is 1.32 bits per heavy atom. The predicted octanol–water partition coefficient (Wildman–Crippen LogP) is 2.42. The molecule has 1 aromatic rings. The molecule has 0 amide bonds. The molecule has 0 radical (unpaired) electrons. The Morgan fingerprint density at radius 3 is 2.53 bits per heavy atom. The van der Waals surface area contributed by atoms with E-state index in [1.807, 2.05) is 13.8 Å². The van der Waals surface area contributed by atoms with Gasteiger partial charge in [0.15, 0.2) is 0 Å². The van der Waals surface area contributed by atoms with Gasteiger partial charge in [0.1, 0.15) is 4.90 Å². The van der Waals surface area contributed by atoms with E-state index in [4.69, 9.17) is 16.7 Å². The Balaban J connectivity index is 2.74. The van der Waals surface area contributed by atoms with Crippen molar-refractivity contribution in [3.8, 4) is 0 Å². The van der Waals surface area contributed by atoms with Crippen LogP contribution in [0.5, 0.6) is 0 Å². The van der Waals surface area contributed by atoms with E-state index in [2.05, 4.69) is 4.72 Å². The molecule has 0 aliphatic rings. The average molecular weight is 306 g/mol. The van der Waals surface area contributed by atoms with Gasteiger partial charge in [0, 0.05) is 13.2 Å². The zero-order valence-corrected chi connectivity index (χ0v) is 12.8. The Kier molecular flexibility index (Phi) is 5.80. The molecule has 0 fully saturated rings. The Labute approximate surface area is 119 Å². The van der Waals surface area contributed by atoms with Crippen LogP contribution in [0.4, 0.5) is 0 Å². The first-order valence-corrected chi connectivity index (χ1v) is 8.00. The van der Waals surface area contributed by atoms with Crippen LogP contribution in [0.25, 0.3) is 0 Å². The number of aliphatic hydroxyl groups excluding tert-OH is 1. The minimum Gasteiger partial charge on any atom is -0.396 e. The van der Waals surface area contributed by atoms with Crippen molar-refractivity contribution >= 4 is 21.6 Å². The molecule has 0 saturated heterocycles. The summed E-state index contributed by atoms with van der Waals surface area (Å²) in [7, 11) is -3.59. The zero-order valence-electron chi connectivity index (χ0n) is 11.2. The third-order valence-corrected chi connectivity index (χ3v) is 4.78. The lowest BCUT2D eigenvalue weighted by molar-refractivity contribution is 0.242. The van der Waals surface area contributed by atoms with Crippen molar-refractivity contribution in [1.29, 1.82) is 0 Å². The van der Waals surface area contributed by atoms with Gasteiger partial charge in [-0.15, -0.1) is 0 Å². The second-order valence-electron chi connectivity index (χ2n) is 5.25. The minimum atomic E-state index is -3.59. The maximum absolute atomic E-state index is 12.1. The van der Waals surface area contributed by atoms with Gasteiger partial charge in [-0.1, -0.05) is 37.6 Å². The van der Waals surface area contributed by atoms with Crippen molar-refractivity contribution in [2.24, 2.45) is 5.41 Å². The molecule has 0 aromatic heterocycles. The molecule has 0 aliphatic heterocycles. The van der Waals surface area contributed by atoms with Crippen molar-refractivity contribution in [3.05, 3.63) is 29.3 Å². The van der Waals surface area contributed by atoms with Gasteiger partial charge in [0.2, 0.25) is 10.0 Å². The second-order valence-corrected chi connectivity index (χ2v) is 7.39. The molecule has 1 rings (SSSR count). The largest absolute Gasteiger partial charge is 0.396 e.